The lowest BCUT2D eigenvalue weighted by Crippen LogP contribution is -2.26. The highest BCUT2D eigenvalue weighted by atomic mass is 35.5. The van der Waals surface area contributed by atoms with Crippen molar-refractivity contribution in [3.05, 3.63) is 80.6 Å². The molecule has 0 bridgehead atoms. The summed E-state index contributed by atoms with van der Waals surface area (Å²) in [6, 6.07) is 14.9. The number of amides is 1. The fourth-order valence-electron chi connectivity index (χ4n) is 3.34. The maximum Gasteiger partial charge on any atom is 0.261 e. The Morgan fingerprint density at radius 2 is 1.79 bits per heavy atom. The molecule has 0 unspecified atom stereocenters. The van der Waals surface area contributed by atoms with E-state index in [9.17, 15) is 10.1 Å². The van der Waals surface area contributed by atoms with Gasteiger partial charge in [0, 0.05) is 17.1 Å². The lowest BCUT2D eigenvalue weighted by Gasteiger charge is -2.10. The number of carbonyl (C=O) groups excluding carboxylic acids is 1. The van der Waals surface area contributed by atoms with Crippen LogP contribution in [0.2, 0.25) is 10.2 Å². The average molecular weight is 499 g/mol. The van der Waals surface area contributed by atoms with E-state index in [1.165, 1.54) is 6.08 Å². The molecule has 3 rings (SSSR count). The molecule has 176 valence electrons. The molecule has 0 saturated carbocycles. The first kappa shape index (κ1) is 25.2. The molecule has 7 nitrogen and oxygen atoms in total. The summed E-state index contributed by atoms with van der Waals surface area (Å²) in [5.41, 5.74) is 3.02. The van der Waals surface area contributed by atoms with Crippen molar-refractivity contribution in [3.63, 3.8) is 0 Å². The highest BCUT2D eigenvalue weighted by Gasteiger charge is 2.16. The van der Waals surface area contributed by atoms with E-state index in [2.05, 4.69) is 10.4 Å². The molecule has 3 aromatic rings. The van der Waals surface area contributed by atoms with Crippen LogP contribution in [-0.2, 0) is 17.8 Å². The molecule has 34 heavy (non-hydrogen) atoms. The fourth-order valence-corrected chi connectivity index (χ4v) is 3.76. The molecule has 0 aliphatic heterocycles. The second-order valence-corrected chi connectivity index (χ2v) is 8.23. The van der Waals surface area contributed by atoms with Crippen LogP contribution in [0, 0.1) is 18.3 Å². The van der Waals surface area contributed by atoms with Gasteiger partial charge in [-0.15, -0.1) is 0 Å². The zero-order valence-corrected chi connectivity index (χ0v) is 20.6. The van der Waals surface area contributed by atoms with E-state index in [0.717, 1.165) is 11.1 Å². The minimum Gasteiger partial charge on any atom is -0.493 e. The molecule has 1 aromatic heterocycles. The predicted molar refractivity (Wildman–Crippen MR) is 132 cm³/mol. The number of benzene rings is 2. The third kappa shape index (κ3) is 6.10. The molecule has 9 heteroatoms. The first-order valence-electron chi connectivity index (χ1n) is 10.4. The fraction of sp³-hybridized carbons (Fsp3) is 0.240. The number of hydrogen-bond acceptors (Lipinski definition) is 5. The zero-order chi connectivity index (χ0) is 24.7. The highest BCUT2D eigenvalue weighted by molar-refractivity contribution is 6.31. The summed E-state index contributed by atoms with van der Waals surface area (Å²) in [5.74, 6) is 0.766. The molecule has 0 radical (unpaired) electrons. The summed E-state index contributed by atoms with van der Waals surface area (Å²) in [6.07, 6.45) is 2.03. The van der Waals surface area contributed by atoms with Crippen molar-refractivity contribution in [2.75, 3.05) is 20.8 Å². The van der Waals surface area contributed by atoms with Gasteiger partial charge in [0.25, 0.3) is 5.91 Å². The normalized spacial score (nSPS) is 11.1. The number of nitriles is 1. The molecule has 2 aromatic carbocycles. The van der Waals surface area contributed by atoms with Crippen LogP contribution in [-0.4, -0.2) is 36.5 Å². The molecular weight excluding hydrogens is 475 g/mol. The van der Waals surface area contributed by atoms with Crippen LogP contribution >= 0.6 is 23.2 Å². The number of aromatic nitrogens is 2. The number of methoxy groups -OCH3 is 2. The maximum atomic E-state index is 12.6. The monoisotopic (exact) mass is 498 g/mol. The van der Waals surface area contributed by atoms with E-state index in [1.54, 1.807) is 38.0 Å². The topological polar surface area (TPSA) is 89.2 Å². The van der Waals surface area contributed by atoms with Crippen LogP contribution in [0.25, 0.3) is 6.08 Å². The van der Waals surface area contributed by atoms with E-state index in [1.807, 2.05) is 36.4 Å². The third-order valence-corrected chi connectivity index (χ3v) is 5.81. The van der Waals surface area contributed by atoms with Crippen LogP contribution in [0.5, 0.6) is 11.5 Å². The van der Waals surface area contributed by atoms with Gasteiger partial charge in [-0.1, -0.05) is 41.4 Å². The molecule has 0 spiro atoms. The molecular formula is C25H24Cl2N4O3. The van der Waals surface area contributed by atoms with E-state index in [0.29, 0.717) is 52.4 Å². The molecule has 0 saturated heterocycles. The lowest BCUT2D eigenvalue weighted by molar-refractivity contribution is -0.117. The van der Waals surface area contributed by atoms with Crippen molar-refractivity contribution >= 4 is 35.2 Å². The summed E-state index contributed by atoms with van der Waals surface area (Å²) in [5, 5.41) is 17.8. The van der Waals surface area contributed by atoms with Crippen LogP contribution in [0.15, 0.2) is 48.0 Å². The molecule has 0 aliphatic rings. The lowest BCUT2D eigenvalue weighted by atomic mass is 10.1. The van der Waals surface area contributed by atoms with Crippen molar-refractivity contribution in [3.8, 4) is 17.6 Å². The minimum atomic E-state index is -0.483. The van der Waals surface area contributed by atoms with Gasteiger partial charge in [0.1, 0.15) is 16.8 Å². The Bertz CT molecular complexity index is 1240. The first-order chi connectivity index (χ1) is 16.4. The Labute approximate surface area is 208 Å². The first-order valence-corrected chi connectivity index (χ1v) is 11.2. The van der Waals surface area contributed by atoms with Crippen molar-refractivity contribution in [2.45, 2.75) is 19.9 Å². The standard InChI is InChI=1S/C25H24Cl2N4O3/c1-16-21(24(27)31(30-16)15-18-4-7-20(26)8-5-18)13-19(14-28)25(32)29-11-10-17-6-9-22(33-2)23(12-17)34-3/h4-9,12-13H,10-11,15H2,1-3H3,(H,29,32)/b19-13+. The van der Waals surface area contributed by atoms with Gasteiger partial charge in [0.05, 0.1) is 26.5 Å². The van der Waals surface area contributed by atoms with Crippen LogP contribution < -0.4 is 14.8 Å². The summed E-state index contributed by atoms with van der Waals surface area (Å²) in [7, 11) is 3.14. The summed E-state index contributed by atoms with van der Waals surface area (Å²) >= 11 is 12.5. The molecule has 1 heterocycles. The third-order valence-electron chi connectivity index (χ3n) is 5.16. The number of aryl methyl sites for hydroxylation is 1. The molecule has 0 aliphatic carbocycles. The molecule has 0 atom stereocenters. The van der Waals surface area contributed by atoms with Gasteiger partial charge in [0.15, 0.2) is 11.5 Å². The van der Waals surface area contributed by atoms with Gasteiger partial charge >= 0.3 is 0 Å². The second-order valence-electron chi connectivity index (χ2n) is 7.44. The Morgan fingerprint density at radius 3 is 2.44 bits per heavy atom. The second kappa shape index (κ2) is 11.6. The number of carbonyl (C=O) groups is 1. The molecule has 0 fully saturated rings. The van der Waals surface area contributed by atoms with Gasteiger partial charge < -0.3 is 14.8 Å². The van der Waals surface area contributed by atoms with E-state index < -0.39 is 5.91 Å². The van der Waals surface area contributed by atoms with E-state index in [-0.39, 0.29) is 5.57 Å². The summed E-state index contributed by atoms with van der Waals surface area (Å²) in [6.45, 7) is 2.56. The van der Waals surface area contributed by atoms with Crippen molar-refractivity contribution in [2.24, 2.45) is 0 Å². The van der Waals surface area contributed by atoms with Gasteiger partial charge in [0.2, 0.25) is 0 Å². The quantitative estimate of drug-likeness (QED) is 0.337. The van der Waals surface area contributed by atoms with E-state index in [4.69, 9.17) is 32.7 Å². The number of hydrogen-bond donors (Lipinski definition) is 1. The van der Waals surface area contributed by atoms with Gasteiger partial charge in [-0.2, -0.15) is 10.4 Å². The zero-order valence-electron chi connectivity index (χ0n) is 19.1. The van der Waals surface area contributed by atoms with Gasteiger partial charge in [-0.3, -0.25) is 4.79 Å². The van der Waals surface area contributed by atoms with Crippen molar-refractivity contribution < 1.29 is 14.3 Å². The highest BCUT2D eigenvalue weighted by Crippen LogP contribution is 2.28. The van der Waals surface area contributed by atoms with Gasteiger partial charge in [-0.25, -0.2) is 4.68 Å². The number of nitrogens with one attached hydrogen (secondary N) is 1. The summed E-state index contributed by atoms with van der Waals surface area (Å²) in [4.78, 5) is 12.6. The van der Waals surface area contributed by atoms with Gasteiger partial charge in [-0.05, 0) is 54.8 Å². The average Bonchev–Trinajstić information content (AvgIpc) is 3.10. The smallest absolute Gasteiger partial charge is 0.261 e. The maximum absolute atomic E-state index is 12.6. The number of nitrogens with zero attached hydrogens (tertiary/aromatic N) is 3. The predicted octanol–water partition coefficient (Wildman–Crippen LogP) is 4.83. The molecule has 1 N–H and O–H groups in total. The van der Waals surface area contributed by atoms with Crippen molar-refractivity contribution in [1.29, 1.82) is 5.26 Å². The SMILES string of the molecule is COc1ccc(CCNC(=O)/C(C#N)=C/c2c(C)nn(Cc3ccc(Cl)cc3)c2Cl)cc1OC. The van der Waals surface area contributed by atoms with Crippen molar-refractivity contribution in [1.82, 2.24) is 15.1 Å². The van der Waals surface area contributed by atoms with Crippen LogP contribution in [0.3, 0.4) is 0 Å². The van der Waals surface area contributed by atoms with E-state index >= 15 is 0 Å². The Kier molecular flexibility index (Phi) is 8.58. The Balaban J connectivity index is 1.68. The Morgan fingerprint density at radius 1 is 1.12 bits per heavy atom. The number of ether oxygens (including phenoxy) is 2. The Hall–Kier alpha value is -3.47. The number of rotatable bonds is 9. The molecule has 1 amide bonds. The van der Waals surface area contributed by atoms with Crippen LogP contribution in [0.4, 0.5) is 0 Å². The number of halogens is 2. The minimum absolute atomic E-state index is 0.0524. The van der Waals surface area contributed by atoms with Crippen LogP contribution in [0.1, 0.15) is 22.4 Å². The summed E-state index contributed by atoms with van der Waals surface area (Å²) < 4.78 is 12.2. The largest absolute Gasteiger partial charge is 0.493 e.